The lowest BCUT2D eigenvalue weighted by atomic mass is 9.80. The van der Waals surface area contributed by atoms with E-state index in [0.29, 0.717) is 25.4 Å². The van der Waals surface area contributed by atoms with Crippen LogP contribution in [0.4, 0.5) is 4.79 Å². The summed E-state index contributed by atoms with van der Waals surface area (Å²) in [5.41, 5.74) is 0.181. The van der Waals surface area contributed by atoms with Gasteiger partial charge in [-0.05, 0) is 36.2 Å². The van der Waals surface area contributed by atoms with Crippen LogP contribution in [0.2, 0.25) is 0 Å². The first-order valence-electron chi connectivity index (χ1n) is 7.03. The third-order valence-corrected chi connectivity index (χ3v) is 4.55. The Balaban J connectivity index is 2.52. The van der Waals surface area contributed by atoms with Crippen LogP contribution < -0.4 is 5.32 Å². The maximum atomic E-state index is 12.1. The zero-order chi connectivity index (χ0) is 15.3. The zero-order valence-electron chi connectivity index (χ0n) is 12.8. The minimum Gasteiger partial charge on any atom is -0.480 e. The van der Waals surface area contributed by atoms with Gasteiger partial charge in [-0.3, -0.25) is 0 Å². The van der Waals surface area contributed by atoms with Crippen LogP contribution in [-0.2, 0) is 4.79 Å². The molecule has 2 unspecified atom stereocenters. The number of carbonyl (C=O) groups is 2. The Morgan fingerprint density at radius 3 is 2.55 bits per heavy atom. The molecule has 116 valence electrons. The number of carboxylic acid groups (broad SMARTS) is 1. The maximum absolute atomic E-state index is 12.1. The smallest absolute Gasteiger partial charge is 0.326 e. The van der Waals surface area contributed by atoms with Crippen LogP contribution in [0.15, 0.2) is 0 Å². The molecule has 0 bridgehead atoms. The van der Waals surface area contributed by atoms with E-state index in [4.69, 9.17) is 5.11 Å². The Labute approximate surface area is 125 Å². The maximum Gasteiger partial charge on any atom is 0.326 e. The lowest BCUT2D eigenvalue weighted by Gasteiger charge is -2.27. The molecule has 1 aliphatic heterocycles. The zero-order valence-corrected chi connectivity index (χ0v) is 13.6. The van der Waals surface area contributed by atoms with E-state index in [-0.39, 0.29) is 11.4 Å². The largest absolute Gasteiger partial charge is 0.480 e. The number of aliphatic carboxylic acids is 1. The van der Waals surface area contributed by atoms with Gasteiger partial charge in [-0.1, -0.05) is 20.8 Å². The molecule has 6 heteroatoms. The van der Waals surface area contributed by atoms with Crippen molar-refractivity contribution in [1.29, 1.82) is 0 Å². The topological polar surface area (TPSA) is 69.6 Å². The third kappa shape index (κ3) is 4.89. The fraction of sp³-hybridized carbons (Fsp3) is 0.857. The number of hydrogen-bond donors (Lipinski definition) is 2. The van der Waals surface area contributed by atoms with E-state index in [1.54, 1.807) is 16.7 Å². The molecule has 0 aliphatic carbocycles. The fourth-order valence-corrected chi connectivity index (χ4v) is 2.86. The molecule has 0 radical (unpaired) electrons. The molecule has 0 aromatic heterocycles. The molecule has 0 aromatic carbocycles. The first-order chi connectivity index (χ1) is 9.25. The molecule has 0 aromatic rings. The molecule has 2 N–H and O–H groups in total. The summed E-state index contributed by atoms with van der Waals surface area (Å²) >= 11 is 1.58. The van der Waals surface area contributed by atoms with Gasteiger partial charge in [0.1, 0.15) is 6.04 Å². The number of carboxylic acids is 1. The van der Waals surface area contributed by atoms with Crippen molar-refractivity contribution in [3.8, 4) is 0 Å². The van der Waals surface area contributed by atoms with Crippen molar-refractivity contribution < 1.29 is 14.7 Å². The molecule has 0 saturated carbocycles. The van der Waals surface area contributed by atoms with E-state index in [1.165, 1.54) is 0 Å². The van der Waals surface area contributed by atoms with E-state index < -0.39 is 12.0 Å². The van der Waals surface area contributed by atoms with Crippen LogP contribution >= 0.6 is 11.8 Å². The third-order valence-electron chi connectivity index (χ3n) is 3.91. The molecule has 1 fully saturated rings. The van der Waals surface area contributed by atoms with E-state index in [2.05, 4.69) is 26.1 Å². The molecule has 2 amide bonds. The Bertz CT molecular complexity index is 355. The molecule has 2 atom stereocenters. The van der Waals surface area contributed by atoms with Gasteiger partial charge in [0, 0.05) is 13.1 Å². The summed E-state index contributed by atoms with van der Waals surface area (Å²) in [7, 11) is 0. The highest BCUT2D eigenvalue weighted by molar-refractivity contribution is 7.98. The second-order valence-corrected chi connectivity index (χ2v) is 7.41. The number of urea groups is 1. The van der Waals surface area contributed by atoms with E-state index in [1.807, 2.05) is 6.26 Å². The first kappa shape index (κ1) is 17.1. The number of hydrogen-bond acceptors (Lipinski definition) is 3. The molecule has 0 spiro atoms. The van der Waals surface area contributed by atoms with Crippen LogP contribution in [0, 0.1) is 11.3 Å². The Hall–Kier alpha value is -0.910. The Morgan fingerprint density at radius 2 is 2.10 bits per heavy atom. The van der Waals surface area contributed by atoms with Gasteiger partial charge in [0.05, 0.1) is 0 Å². The summed E-state index contributed by atoms with van der Waals surface area (Å²) in [6, 6.07) is -1.03. The lowest BCUT2D eigenvalue weighted by Crippen LogP contribution is -2.47. The molecule has 1 heterocycles. The summed E-state index contributed by atoms with van der Waals surface area (Å²) in [6.07, 6.45) is 3.37. The van der Waals surface area contributed by atoms with Crippen molar-refractivity contribution in [1.82, 2.24) is 10.2 Å². The number of likely N-dealkylation sites (tertiary alicyclic amines) is 1. The highest BCUT2D eigenvalue weighted by atomic mass is 32.2. The molecule has 20 heavy (non-hydrogen) atoms. The average Bonchev–Trinajstić information content (AvgIpc) is 2.83. The normalized spacial score (nSPS) is 20.8. The van der Waals surface area contributed by atoms with Crippen molar-refractivity contribution in [2.45, 2.75) is 39.7 Å². The van der Waals surface area contributed by atoms with Gasteiger partial charge in [-0.25, -0.2) is 9.59 Å². The summed E-state index contributed by atoms with van der Waals surface area (Å²) in [5.74, 6) is 0.240. The summed E-state index contributed by atoms with van der Waals surface area (Å²) < 4.78 is 0. The van der Waals surface area contributed by atoms with Gasteiger partial charge in [0.2, 0.25) is 0 Å². The highest BCUT2D eigenvalue weighted by Crippen LogP contribution is 2.33. The second kappa shape index (κ2) is 7.20. The van der Waals surface area contributed by atoms with Crippen LogP contribution in [0.3, 0.4) is 0 Å². The first-order valence-corrected chi connectivity index (χ1v) is 8.42. The van der Waals surface area contributed by atoms with Gasteiger partial charge >= 0.3 is 12.0 Å². The highest BCUT2D eigenvalue weighted by Gasteiger charge is 2.34. The molecular formula is C14H26N2O3S. The van der Waals surface area contributed by atoms with E-state index >= 15 is 0 Å². The predicted molar refractivity (Wildman–Crippen MR) is 82.1 cm³/mol. The predicted octanol–water partition coefficient (Wildman–Crippen LogP) is 2.27. The van der Waals surface area contributed by atoms with Crippen LogP contribution in [0.25, 0.3) is 0 Å². The van der Waals surface area contributed by atoms with Crippen molar-refractivity contribution in [3.63, 3.8) is 0 Å². The van der Waals surface area contributed by atoms with Crippen molar-refractivity contribution in [2.75, 3.05) is 25.1 Å². The van der Waals surface area contributed by atoms with E-state index in [0.717, 1.165) is 12.2 Å². The SMILES string of the molecule is CSCCC(NC(=O)N1CCC(C(C)(C)C)C1)C(=O)O. The number of nitrogens with zero attached hydrogens (tertiary/aromatic N) is 1. The summed E-state index contributed by atoms with van der Waals surface area (Å²) in [5, 5.41) is 11.8. The quantitative estimate of drug-likeness (QED) is 0.817. The standard InChI is InChI=1S/C14H26N2O3S/c1-14(2,3)10-5-7-16(9-10)13(19)15-11(12(17)18)6-8-20-4/h10-11H,5-9H2,1-4H3,(H,15,19)(H,17,18). The summed E-state index contributed by atoms with van der Waals surface area (Å²) in [4.78, 5) is 25.0. The molecular weight excluding hydrogens is 276 g/mol. The van der Waals surface area contributed by atoms with Gasteiger partial charge in [0.15, 0.2) is 0 Å². The number of nitrogens with one attached hydrogen (secondary N) is 1. The minimum atomic E-state index is -0.959. The molecule has 5 nitrogen and oxygen atoms in total. The van der Waals surface area contributed by atoms with Crippen molar-refractivity contribution in [2.24, 2.45) is 11.3 Å². The van der Waals surface area contributed by atoms with Gasteiger partial charge in [0.25, 0.3) is 0 Å². The molecule has 1 saturated heterocycles. The Kier molecular flexibility index (Phi) is 6.17. The van der Waals surface area contributed by atoms with Crippen LogP contribution in [0.1, 0.15) is 33.6 Å². The van der Waals surface area contributed by atoms with E-state index in [9.17, 15) is 9.59 Å². The molecule has 1 rings (SSSR count). The van der Waals surface area contributed by atoms with Crippen molar-refractivity contribution in [3.05, 3.63) is 0 Å². The number of amides is 2. The van der Waals surface area contributed by atoms with Crippen molar-refractivity contribution >= 4 is 23.8 Å². The van der Waals surface area contributed by atoms with Gasteiger partial charge in [-0.2, -0.15) is 11.8 Å². The Morgan fingerprint density at radius 1 is 1.45 bits per heavy atom. The second-order valence-electron chi connectivity index (χ2n) is 6.42. The lowest BCUT2D eigenvalue weighted by molar-refractivity contribution is -0.139. The number of thioether (sulfide) groups is 1. The average molecular weight is 302 g/mol. The fourth-order valence-electron chi connectivity index (χ4n) is 2.39. The van der Waals surface area contributed by atoms with Crippen LogP contribution in [0.5, 0.6) is 0 Å². The summed E-state index contributed by atoms with van der Waals surface area (Å²) in [6.45, 7) is 7.96. The van der Waals surface area contributed by atoms with Gasteiger partial charge < -0.3 is 15.3 Å². The van der Waals surface area contributed by atoms with Gasteiger partial charge in [-0.15, -0.1) is 0 Å². The number of rotatable bonds is 5. The minimum absolute atomic E-state index is 0.181. The monoisotopic (exact) mass is 302 g/mol. The molecule has 1 aliphatic rings. The number of carbonyl (C=O) groups excluding carboxylic acids is 1. The van der Waals surface area contributed by atoms with Crippen LogP contribution in [-0.4, -0.2) is 53.1 Å².